The summed E-state index contributed by atoms with van der Waals surface area (Å²) in [5.74, 6) is -1.43. The molecule has 2 aromatic rings. The third kappa shape index (κ3) is 4.06. The van der Waals surface area contributed by atoms with Crippen LogP contribution < -0.4 is 11.6 Å². The predicted octanol–water partition coefficient (Wildman–Crippen LogP) is 0.515. The Hall–Kier alpha value is -2.38. The third-order valence-electron chi connectivity index (χ3n) is 3.14. The van der Waals surface area contributed by atoms with Crippen LogP contribution in [0.5, 0.6) is 0 Å². The van der Waals surface area contributed by atoms with Crippen LogP contribution in [0, 0.1) is 6.92 Å². The van der Waals surface area contributed by atoms with Gasteiger partial charge in [0.25, 0.3) is 0 Å². The van der Waals surface area contributed by atoms with Crippen LogP contribution in [0.25, 0.3) is 0 Å². The Labute approximate surface area is 126 Å². The minimum atomic E-state index is -1.47. The van der Waals surface area contributed by atoms with Crippen LogP contribution in [-0.2, 0) is 22.6 Å². The van der Waals surface area contributed by atoms with E-state index >= 15 is 0 Å². The van der Waals surface area contributed by atoms with Gasteiger partial charge in [0.1, 0.15) is 0 Å². The fourth-order valence-corrected chi connectivity index (χ4v) is 1.90. The minimum absolute atomic E-state index is 0.0992. The normalized spacial score (nSPS) is 13.6. The lowest BCUT2D eigenvalue weighted by molar-refractivity contribution is -0.156. The second kappa shape index (κ2) is 7.06. The summed E-state index contributed by atoms with van der Waals surface area (Å²) in [6, 6.07) is 8.45. The van der Waals surface area contributed by atoms with E-state index in [0.29, 0.717) is 6.42 Å². The average Bonchev–Trinajstić information content (AvgIpc) is 2.82. The number of aliphatic hydroxyl groups is 1. The van der Waals surface area contributed by atoms with Gasteiger partial charge in [-0.1, -0.05) is 30.3 Å². The number of nitrogens with two attached hydrogens (primary N) is 1. The Morgan fingerprint density at radius 1 is 1.32 bits per heavy atom. The van der Waals surface area contributed by atoms with Gasteiger partial charge in [0.15, 0.2) is 24.2 Å². The SMILES string of the molecule is Cc1oc(=O)oc1COC(=O)[C@H](O)[C@H](N)Cc1ccccc1. The monoisotopic (exact) mass is 307 g/mol. The topological polar surface area (TPSA) is 116 Å². The van der Waals surface area contributed by atoms with E-state index in [4.69, 9.17) is 10.5 Å². The van der Waals surface area contributed by atoms with Crippen molar-refractivity contribution in [3.8, 4) is 0 Å². The average molecular weight is 307 g/mol. The number of hydrogen-bond acceptors (Lipinski definition) is 7. The largest absolute Gasteiger partial charge is 0.519 e. The summed E-state index contributed by atoms with van der Waals surface area (Å²) in [4.78, 5) is 22.6. The highest BCUT2D eigenvalue weighted by molar-refractivity contribution is 5.75. The number of aryl methyl sites for hydroxylation is 1. The number of ether oxygens (including phenoxy) is 1. The van der Waals surface area contributed by atoms with Crippen LogP contribution in [0.1, 0.15) is 17.1 Å². The van der Waals surface area contributed by atoms with Gasteiger partial charge in [0.05, 0.1) is 0 Å². The molecule has 0 aliphatic carbocycles. The van der Waals surface area contributed by atoms with Crippen molar-refractivity contribution in [2.24, 2.45) is 5.73 Å². The number of hydrogen-bond donors (Lipinski definition) is 2. The van der Waals surface area contributed by atoms with E-state index in [2.05, 4.69) is 8.83 Å². The maximum atomic E-state index is 11.8. The van der Waals surface area contributed by atoms with Gasteiger partial charge in [-0.2, -0.15) is 0 Å². The Kier molecular flexibility index (Phi) is 5.13. The van der Waals surface area contributed by atoms with Crippen LogP contribution in [-0.4, -0.2) is 23.2 Å². The van der Waals surface area contributed by atoms with E-state index < -0.39 is 23.9 Å². The quantitative estimate of drug-likeness (QED) is 0.747. The molecule has 2 atom stereocenters. The fraction of sp³-hybridized carbons (Fsp3) is 0.333. The molecule has 0 radical (unpaired) electrons. The lowest BCUT2D eigenvalue weighted by Gasteiger charge is -2.17. The van der Waals surface area contributed by atoms with Gasteiger partial charge in [-0.3, -0.25) is 0 Å². The van der Waals surface area contributed by atoms with Crippen molar-refractivity contribution in [1.29, 1.82) is 0 Å². The van der Waals surface area contributed by atoms with Gasteiger partial charge in [0.2, 0.25) is 0 Å². The summed E-state index contributed by atoms with van der Waals surface area (Å²) in [5, 5.41) is 9.88. The molecule has 0 unspecified atom stereocenters. The van der Waals surface area contributed by atoms with Crippen LogP contribution in [0.4, 0.5) is 0 Å². The van der Waals surface area contributed by atoms with E-state index in [1.807, 2.05) is 30.3 Å². The van der Waals surface area contributed by atoms with E-state index in [9.17, 15) is 14.7 Å². The second-order valence-corrected chi connectivity index (χ2v) is 4.84. The van der Waals surface area contributed by atoms with Crippen molar-refractivity contribution < 1.29 is 23.5 Å². The molecule has 0 spiro atoms. The van der Waals surface area contributed by atoms with Crippen molar-refractivity contribution in [2.45, 2.75) is 32.1 Å². The van der Waals surface area contributed by atoms with Crippen LogP contribution in [0.2, 0.25) is 0 Å². The maximum Gasteiger partial charge on any atom is 0.519 e. The Bertz CT molecular complexity index is 675. The second-order valence-electron chi connectivity index (χ2n) is 4.84. The van der Waals surface area contributed by atoms with E-state index in [0.717, 1.165) is 5.56 Å². The summed E-state index contributed by atoms with van der Waals surface area (Å²) < 4.78 is 14.2. The van der Waals surface area contributed by atoms with Gasteiger partial charge < -0.3 is 24.4 Å². The number of rotatable bonds is 6. The fourth-order valence-electron chi connectivity index (χ4n) is 1.90. The van der Waals surface area contributed by atoms with Crippen LogP contribution >= 0.6 is 0 Å². The summed E-state index contributed by atoms with van der Waals surface area (Å²) in [5.41, 5.74) is 6.71. The molecule has 7 heteroatoms. The molecule has 0 aliphatic rings. The number of benzene rings is 1. The number of esters is 1. The van der Waals surface area contributed by atoms with Gasteiger partial charge in [-0.05, 0) is 18.9 Å². The molecule has 1 aromatic heterocycles. The number of carbonyl (C=O) groups is 1. The molecule has 1 heterocycles. The molecular weight excluding hydrogens is 290 g/mol. The van der Waals surface area contributed by atoms with Crippen molar-refractivity contribution in [1.82, 2.24) is 0 Å². The molecule has 1 aromatic carbocycles. The van der Waals surface area contributed by atoms with Gasteiger partial charge >= 0.3 is 11.8 Å². The Morgan fingerprint density at radius 2 is 2.00 bits per heavy atom. The summed E-state index contributed by atoms with van der Waals surface area (Å²) in [6.07, 6.45) is -1.14. The zero-order valence-corrected chi connectivity index (χ0v) is 12.0. The Morgan fingerprint density at radius 3 is 2.59 bits per heavy atom. The summed E-state index contributed by atoms with van der Waals surface area (Å²) >= 11 is 0. The smallest absolute Gasteiger partial charge is 0.455 e. The molecule has 0 amide bonds. The molecule has 118 valence electrons. The summed E-state index contributed by atoms with van der Waals surface area (Å²) in [6.45, 7) is 1.21. The maximum absolute atomic E-state index is 11.8. The van der Waals surface area contributed by atoms with E-state index in [-0.39, 0.29) is 18.1 Å². The number of aliphatic hydroxyl groups excluding tert-OH is 1. The highest BCUT2D eigenvalue weighted by Crippen LogP contribution is 2.09. The van der Waals surface area contributed by atoms with Crippen molar-refractivity contribution >= 4 is 5.97 Å². The molecule has 7 nitrogen and oxygen atoms in total. The molecule has 0 saturated heterocycles. The Balaban J connectivity index is 1.88. The first-order valence-corrected chi connectivity index (χ1v) is 6.71. The zero-order chi connectivity index (χ0) is 16.1. The molecule has 2 rings (SSSR count). The van der Waals surface area contributed by atoms with Gasteiger partial charge in [-0.25, -0.2) is 9.59 Å². The van der Waals surface area contributed by atoms with Crippen molar-refractivity contribution in [3.63, 3.8) is 0 Å². The third-order valence-corrected chi connectivity index (χ3v) is 3.14. The lowest BCUT2D eigenvalue weighted by Crippen LogP contribution is -2.42. The van der Waals surface area contributed by atoms with Crippen LogP contribution in [0.15, 0.2) is 44.0 Å². The molecule has 0 bridgehead atoms. The highest BCUT2D eigenvalue weighted by atomic mass is 16.6. The standard InChI is InChI=1S/C15H17NO6/c1-9-12(22-15(19)21-9)8-20-14(18)13(17)11(16)7-10-5-3-2-4-6-10/h2-6,11,13,17H,7-8,16H2,1H3/t11-,13-/m1/s1. The lowest BCUT2D eigenvalue weighted by atomic mass is 10.0. The van der Waals surface area contributed by atoms with E-state index in [1.165, 1.54) is 6.92 Å². The molecular formula is C15H17NO6. The molecule has 22 heavy (non-hydrogen) atoms. The van der Waals surface area contributed by atoms with Crippen molar-refractivity contribution in [3.05, 3.63) is 58.0 Å². The predicted molar refractivity (Wildman–Crippen MR) is 75.9 cm³/mol. The first-order valence-electron chi connectivity index (χ1n) is 6.71. The molecule has 0 aliphatic heterocycles. The minimum Gasteiger partial charge on any atom is -0.455 e. The van der Waals surface area contributed by atoms with Gasteiger partial charge in [-0.15, -0.1) is 0 Å². The molecule has 3 N–H and O–H groups in total. The zero-order valence-electron chi connectivity index (χ0n) is 12.0. The highest BCUT2D eigenvalue weighted by Gasteiger charge is 2.25. The molecule has 0 saturated carbocycles. The molecule has 0 fully saturated rings. The van der Waals surface area contributed by atoms with Crippen LogP contribution in [0.3, 0.4) is 0 Å². The first-order chi connectivity index (χ1) is 10.5. The first kappa shape index (κ1) is 16.0. The summed E-state index contributed by atoms with van der Waals surface area (Å²) in [7, 11) is 0. The number of carbonyl (C=O) groups excluding carboxylic acids is 1. The van der Waals surface area contributed by atoms with Crippen molar-refractivity contribution in [2.75, 3.05) is 0 Å². The van der Waals surface area contributed by atoms with Gasteiger partial charge in [0, 0.05) is 6.04 Å². The van der Waals surface area contributed by atoms with E-state index in [1.54, 1.807) is 0 Å².